The van der Waals surface area contributed by atoms with Gasteiger partial charge in [0, 0.05) is 11.7 Å². The molecule has 0 radical (unpaired) electrons. The highest BCUT2D eigenvalue weighted by Gasteiger charge is 2.36. The van der Waals surface area contributed by atoms with Crippen LogP contribution in [0.5, 0.6) is 0 Å². The fourth-order valence-electron chi connectivity index (χ4n) is 3.29. The van der Waals surface area contributed by atoms with Crippen molar-refractivity contribution in [1.82, 2.24) is 0 Å². The van der Waals surface area contributed by atoms with Crippen LogP contribution in [-0.2, 0) is 22.7 Å². The summed E-state index contributed by atoms with van der Waals surface area (Å²) >= 11 is 1.40. The van der Waals surface area contributed by atoms with E-state index in [0.29, 0.717) is 25.2 Å². The van der Waals surface area contributed by atoms with Gasteiger partial charge in [-0.25, -0.2) is 4.79 Å². The molecule has 174 valence electrons. The number of benzene rings is 3. The molecule has 4 rings (SSSR count). The highest BCUT2D eigenvalue weighted by Crippen LogP contribution is 2.35. The minimum absolute atomic E-state index is 0.120. The lowest BCUT2D eigenvalue weighted by molar-refractivity contribution is 0.00620. The van der Waals surface area contributed by atoms with Crippen molar-refractivity contribution in [3.63, 3.8) is 0 Å². The molecular weight excluding hydrogens is 436 g/mol. The number of esters is 1. The van der Waals surface area contributed by atoms with Gasteiger partial charge < -0.3 is 19.7 Å². The van der Waals surface area contributed by atoms with Crippen LogP contribution >= 0.6 is 11.8 Å². The van der Waals surface area contributed by atoms with E-state index in [0.717, 1.165) is 16.7 Å². The lowest BCUT2D eigenvalue weighted by atomic mass is 10.1. The maximum atomic E-state index is 12.2. The summed E-state index contributed by atoms with van der Waals surface area (Å²) in [5.74, 6) is -0.393. The third-order valence-electron chi connectivity index (χ3n) is 5.13. The highest BCUT2D eigenvalue weighted by atomic mass is 32.2. The third kappa shape index (κ3) is 8.33. The SMILES string of the molecule is Cc1ccc(C(=O)OC2C[C@@H](COCc3ccccc3)SC2O)cc1.OCc1ccccc1. The van der Waals surface area contributed by atoms with Crippen molar-refractivity contribution in [2.45, 2.75) is 43.3 Å². The Morgan fingerprint density at radius 1 is 0.939 bits per heavy atom. The second-order valence-electron chi connectivity index (χ2n) is 7.84. The molecular formula is C27H30O5S. The lowest BCUT2D eigenvalue weighted by Crippen LogP contribution is -2.25. The summed E-state index contributed by atoms with van der Waals surface area (Å²) in [6.07, 6.45) is 0.0993. The molecule has 2 N–H and O–H groups in total. The molecule has 1 fully saturated rings. The number of thioether (sulfide) groups is 1. The highest BCUT2D eigenvalue weighted by molar-refractivity contribution is 8.00. The van der Waals surface area contributed by atoms with E-state index in [9.17, 15) is 9.90 Å². The molecule has 0 spiro atoms. The molecule has 0 bridgehead atoms. The van der Waals surface area contributed by atoms with Crippen molar-refractivity contribution in [2.24, 2.45) is 0 Å². The van der Waals surface area contributed by atoms with Gasteiger partial charge in [0.1, 0.15) is 11.5 Å². The van der Waals surface area contributed by atoms with Crippen LogP contribution in [0, 0.1) is 6.92 Å². The van der Waals surface area contributed by atoms with Crippen molar-refractivity contribution in [1.29, 1.82) is 0 Å². The van der Waals surface area contributed by atoms with Crippen LogP contribution in [0.3, 0.4) is 0 Å². The van der Waals surface area contributed by atoms with E-state index < -0.39 is 17.5 Å². The monoisotopic (exact) mass is 466 g/mol. The molecule has 33 heavy (non-hydrogen) atoms. The van der Waals surface area contributed by atoms with E-state index in [-0.39, 0.29) is 11.9 Å². The number of aliphatic hydroxyl groups excluding tert-OH is 2. The number of carbonyl (C=O) groups is 1. The van der Waals surface area contributed by atoms with Crippen LogP contribution in [0.1, 0.15) is 33.5 Å². The second kappa shape index (κ2) is 13.2. The molecule has 0 amide bonds. The van der Waals surface area contributed by atoms with Gasteiger partial charge in [-0.2, -0.15) is 0 Å². The molecule has 2 unspecified atom stereocenters. The van der Waals surface area contributed by atoms with Crippen molar-refractivity contribution in [3.05, 3.63) is 107 Å². The van der Waals surface area contributed by atoms with Gasteiger partial charge in [0.25, 0.3) is 0 Å². The van der Waals surface area contributed by atoms with E-state index in [2.05, 4.69) is 0 Å². The average Bonchev–Trinajstić information content (AvgIpc) is 3.19. The predicted molar refractivity (Wildman–Crippen MR) is 131 cm³/mol. The molecule has 3 atom stereocenters. The molecule has 0 aliphatic carbocycles. The zero-order chi connectivity index (χ0) is 23.5. The number of aryl methyl sites for hydroxylation is 1. The maximum Gasteiger partial charge on any atom is 0.338 e. The number of rotatable bonds is 7. The Bertz CT molecular complexity index is 963. The Kier molecular flexibility index (Phi) is 9.97. The molecule has 5 nitrogen and oxygen atoms in total. The smallest absolute Gasteiger partial charge is 0.338 e. The Hall–Kier alpha value is -2.64. The van der Waals surface area contributed by atoms with Crippen LogP contribution in [-0.4, -0.2) is 39.6 Å². The molecule has 3 aromatic rings. The number of hydrogen-bond acceptors (Lipinski definition) is 6. The first kappa shape index (κ1) is 25.0. The fraction of sp³-hybridized carbons (Fsp3) is 0.296. The van der Waals surface area contributed by atoms with Gasteiger partial charge in [0.15, 0.2) is 0 Å². The minimum atomic E-state index is -0.709. The molecule has 3 aromatic carbocycles. The van der Waals surface area contributed by atoms with E-state index in [4.69, 9.17) is 14.6 Å². The normalized spacial score (nSPS) is 19.4. The summed E-state index contributed by atoms with van der Waals surface area (Å²) in [4.78, 5) is 12.2. The van der Waals surface area contributed by atoms with Crippen molar-refractivity contribution in [3.8, 4) is 0 Å². The Morgan fingerprint density at radius 2 is 1.55 bits per heavy atom. The van der Waals surface area contributed by atoms with E-state index in [1.54, 1.807) is 12.1 Å². The summed E-state index contributed by atoms with van der Waals surface area (Å²) in [6.45, 7) is 3.17. The minimum Gasteiger partial charge on any atom is -0.455 e. The first-order valence-corrected chi connectivity index (χ1v) is 11.9. The summed E-state index contributed by atoms with van der Waals surface area (Å²) in [6, 6.07) is 26.7. The average molecular weight is 467 g/mol. The maximum absolute atomic E-state index is 12.2. The zero-order valence-electron chi connectivity index (χ0n) is 18.7. The first-order valence-electron chi connectivity index (χ1n) is 10.9. The Balaban J connectivity index is 0.000000323. The van der Waals surface area contributed by atoms with Gasteiger partial charge in [-0.3, -0.25) is 0 Å². The number of hydrogen-bond donors (Lipinski definition) is 2. The topological polar surface area (TPSA) is 76.0 Å². The van der Waals surface area contributed by atoms with Crippen LogP contribution in [0.4, 0.5) is 0 Å². The summed E-state index contributed by atoms with van der Waals surface area (Å²) in [7, 11) is 0. The van der Waals surface area contributed by atoms with Gasteiger partial charge in [-0.15, -0.1) is 11.8 Å². The lowest BCUT2D eigenvalue weighted by Gasteiger charge is -2.14. The molecule has 0 saturated carbocycles. The summed E-state index contributed by atoms with van der Waals surface area (Å²) in [5, 5.41) is 18.8. The van der Waals surface area contributed by atoms with Gasteiger partial charge in [-0.1, -0.05) is 78.4 Å². The molecule has 1 aliphatic rings. The number of ether oxygens (including phenoxy) is 2. The first-order chi connectivity index (χ1) is 16.0. The Morgan fingerprint density at radius 3 is 2.12 bits per heavy atom. The van der Waals surface area contributed by atoms with Crippen molar-refractivity contribution >= 4 is 17.7 Å². The third-order valence-corrected chi connectivity index (χ3v) is 6.43. The van der Waals surface area contributed by atoms with E-state index in [1.807, 2.05) is 79.7 Å². The van der Waals surface area contributed by atoms with Crippen LogP contribution in [0.2, 0.25) is 0 Å². The van der Waals surface area contributed by atoms with Gasteiger partial charge >= 0.3 is 5.97 Å². The number of aliphatic hydroxyl groups is 2. The van der Waals surface area contributed by atoms with Crippen LogP contribution < -0.4 is 0 Å². The molecule has 0 aromatic heterocycles. The van der Waals surface area contributed by atoms with Crippen LogP contribution in [0.15, 0.2) is 84.9 Å². The van der Waals surface area contributed by atoms with Crippen molar-refractivity contribution < 1.29 is 24.5 Å². The number of carbonyl (C=O) groups excluding carboxylic acids is 1. The Labute approximate surface area is 199 Å². The fourth-order valence-corrected chi connectivity index (χ4v) is 4.50. The summed E-state index contributed by atoms with van der Waals surface area (Å²) in [5.41, 5.74) is 2.97. The van der Waals surface area contributed by atoms with Gasteiger partial charge in [-0.05, 0) is 30.2 Å². The van der Waals surface area contributed by atoms with Gasteiger partial charge in [0.2, 0.25) is 0 Å². The molecule has 6 heteroatoms. The van der Waals surface area contributed by atoms with Gasteiger partial charge in [0.05, 0.1) is 25.4 Å². The zero-order valence-corrected chi connectivity index (χ0v) is 19.5. The van der Waals surface area contributed by atoms with Crippen LogP contribution in [0.25, 0.3) is 0 Å². The predicted octanol–water partition coefficient (Wildman–Crippen LogP) is 4.74. The van der Waals surface area contributed by atoms with E-state index in [1.165, 1.54) is 11.8 Å². The molecule has 1 saturated heterocycles. The van der Waals surface area contributed by atoms with Crippen molar-refractivity contribution in [2.75, 3.05) is 6.61 Å². The second-order valence-corrected chi connectivity index (χ2v) is 9.26. The molecule has 1 aliphatic heterocycles. The quantitative estimate of drug-likeness (QED) is 0.490. The largest absolute Gasteiger partial charge is 0.455 e. The standard InChI is InChI=1S/C20H22O4S.C7H8O/c1-14-7-9-16(10-8-14)19(21)24-18-11-17(25-20(18)22)13-23-12-15-5-3-2-4-6-15;8-6-7-4-2-1-3-5-7/h2-10,17-18,20,22H,11-13H2,1H3;1-5,8H,6H2/t17-,18?,20?;/m0./s1. The summed E-state index contributed by atoms with van der Waals surface area (Å²) < 4.78 is 11.2. The van der Waals surface area contributed by atoms with E-state index >= 15 is 0 Å². The molecule has 1 heterocycles.